The molecule has 1 aliphatic rings. The van der Waals surface area contributed by atoms with E-state index >= 15 is 0 Å². The normalized spacial score (nSPS) is 13.0. The third-order valence-electron chi connectivity index (χ3n) is 4.80. The van der Waals surface area contributed by atoms with Crippen LogP contribution >= 0.6 is 0 Å². The highest BCUT2D eigenvalue weighted by molar-refractivity contribution is 6.05. The van der Waals surface area contributed by atoms with Gasteiger partial charge >= 0.3 is 5.97 Å². The number of furan rings is 1. The van der Waals surface area contributed by atoms with E-state index in [4.69, 9.17) is 18.7 Å². The zero-order valence-corrected chi connectivity index (χ0v) is 14.5. The first kappa shape index (κ1) is 15.8. The van der Waals surface area contributed by atoms with Gasteiger partial charge in [0.2, 0.25) is 5.76 Å². The van der Waals surface area contributed by atoms with Gasteiger partial charge in [0.1, 0.15) is 12.3 Å². The summed E-state index contributed by atoms with van der Waals surface area (Å²) >= 11 is 0. The van der Waals surface area contributed by atoms with E-state index in [1.54, 1.807) is 24.5 Å². The Kier molecular flexibility index (Phi) is 3.74. The van der Waals surface area contributed by atoms with Gasteiger partial charge in [-0.3, -0.25) is 4.98 Å². The first-order chi connectivity index (χ1) is 13.3. The molecule has 0 spiro atoms. The Morgan fingerprint density at radius 1 is 1.11 bits per heavy atom. The second kappa shape index (κ2) is 6.39. The van der Waals surface area contributed by atoms with Crippen LogP contribution in [0.3, 0.4) is 0 Å². The van der Waals surface area contributed by atoms with Crippen molar-refractivity contribution < 1.29 is 18.5 Å². The molecule has 134 valence electrons. The van der Waals surface area contributed by atoms with Crippen LogP contribution in [0.15, 0.2) is 57.7 Å². The van der Waals surface area contributed by atoms with Crippen molar-refractivity contribution in [2.24, 2.45) is 0 Å². The summed E-state index contributed by atoms with van der Waals surface area (Å²) in [6, 6.07) is 12.9. The van der Waals surface area contributed by atoms with Crippen LogP contribution in [0.1, 0.15) is 33.7 Å². The van der Waals surface area contributed by atoms with E-state index in [9.17, 15) is 4.79 Å². The zero-order valence-electron chi connectivity index (χ0n) is 14.5. The van der Waals surface area contributed by atoms with Crippen LogP contribution in [-0.2, 0) is 24.2 Å². The molecule has 0 amide bonds. The van der Waals surface area contributed by atoms with Crippen molar-refractivity contribution in [2.45, 2.75) is 25.9 Å². The molecule has 1 aromatic carbocycles. The molecule has 0 unspecified atom stereocenters. The van der Waals surface area contributed by atoms with Crippen LogP contribution in [0, 0.1) is 0 Å². The van der Waals surface area contributed by atoms with Crippen LogP contribution in [-0.4, -0.2) is 16.1 Å². The molecular formula is C21H16N2O4. The second-order valence-electron chi connectivity index (χ2n) is 6.52. The molecule has 5 rings (SSSR count). The van der Waals surface area contributed by atoms with Crippen molar-refractivity contribution in [3.63, 3.8) is 0 Å². The molecule has 0 saturated heterocycles. The number of ether oxygens (including phenoxy) is 1. The molecule has 27 heavy (non-hydrogen) atoms. The number of fused-ring (bicyclic) bond motifs is 2. The Hall–Kier alpha value is -3.41. The molecule has 0 bridgehead atoms. The number of aryl methyl sites for hydroxylation is 1. The second-order valence-corrected chi connectivity index (χ2v) is 6.52. The molecule has 1 aliphatic carbocycles. The van der Waals surface area contributed by atoms with Gasteiger partial charge in [-0.1, -0.05) is 23.4 Å². The van der Waals surface area contributed by atoms with Crippen LogP contribution in [0.5, 0.6) is 0 Å². The molecule has 3 heterocycles. The quantitative estimate of drug-likeness (QED) is 0.504. The molecule has 0 radical (unpaired) electrons. The third-order valence-corrected chi connectivity index (χ3v) is 4.80. The fraction of sp³-hybridized carbons (Fsp3) is 0.190. The lowest BCUT2D eigenvalue weighted by Gasteiger charge is -2.11. The summed E-state index contributed by atoms with van der Waals surface area (Å²) < 4.78 is 16.1. The lowest BCUT2D eigenvalue weighted by Crippen LogP contribution is -2.10. The Labute approximate surface area is 154 Å². The average Bonchev–Trinajstić information content (AvgIpc) is 3.45. The number of esters is 1. The Morgan fingerprint density at radius 3 is 2.93 bits per heavy atom. The summed E-state index contributed by atoms with van der Waals surface area (Å²) in [6.07, 6.45) is 4.32. The number of benzene rings is 1. The summed E-state index contributed by atoms with van der Waals surface area (Å²) in [5.74, 6) is 0.730. The van der Waals surface area contributed by atoms with Crippen molar-refractivity contribution in [1.82, 2.24) is 10.1 Å². The predicted octanol–water partition coefficient (Wildman–Crippen LogP) is 4.33. The monoisotopic (exact) mass is 360 g/mol. The first-order valence-corrected chi connectivity index (χ1v) is 8.86. The van der Waals surface area contributed by atoms with Crippen molar-refractivity contribution in [3.8, 4) is 11.5 Å². The van der Waals surface area contributed by atoms with Crippen LogP contribution in [0.4, 0.5) is 0 Å². The zero-order chi connectivity index (χ0) is 18.2. The van der Waals surface area contributed by atoms with E-state index in [1.807, 2.05) is 24.3 Å². The number of hydrogen-bond acceptors (Lipinski definition) is 6. The highest BCUT2D eigenvalue weighted by Crippen LogP contribution is 2.30. The van der Waals surface area contributed by atoms with Crippen molar-refractivity contribution in [3.05, 3.63) is 71.2 Å². The van der Waals surface area contributed by atoms with Crippen molar-refractivity contribution in [2.75, 3.05) is 0 Å². The van der Waals surface area contributed by atoms with Gasteiger partial charge in [-0.25, -0.2) is 4.79 Å². The molecule has 0 atom stereocenters. The summed E-state index contributed by atoms with van der Waals surface area (Å²) in [6.45, 7) is 0.0362. The van der Waals surface area contributed by atoms with E-state index in [0.717, 1.165) is 41.4 Å². The van der Waals surface area contributed by atoms with Gasteiger partial charge in [0.25, 0.3) is 0 Å². The summed E-state index contributed by atoms with van der Waals surface area (Å²) in [4.78, 5) is 17.6. The van der Waals surface area contributed by atoms with Gasteiger partial charge in [-0.15, -0.1) is 0 Å². The van der Waals surface area contributed by atoms with Crippen LogP contribution < -0.4 is 0 Å². The molecule has 0 saturated carbocycles. The third kappa shape index (κ3) is 2.79. The minimum Gasteiger partial charge on any atom is -0.461 e. The number of aromatic nitrogens is 2. The first-order valence-electron chi connectivity index (χ1n) is 8.86. The van der Waals surface area contributed by atoms with E-state index in [0.29, 0.717) is 22.8 Å². The molecule has 6 heteroatoms. The lowest BCUT2D eigenvalue weighted by atomic mass is 10.0. The summed E-state index contributed by atoms with van der Waals surface area (Å²) in [7, 11) is 0. The van der Waals surface area contributed by atoms with Crippen LogP contribution in [0.25, 0.3) is 22.4 Å². The highest BCUT2D eigenvalue weighted by atomic mass is 16.5. The Balaban J connectivity index is 1.42. The Morgan fingerprint density at radius 2 is 2.04 bits per heavy atom. The number of carbonyl (C=O) groups excluding carboxylic acids is 1. The van der Waals surface area contributed by atoms with Crippen LogP contribution in [0.2, 0.25) is 0 Å². The molecule has 4 aromatic rings. The van der Waals surface area contributed by atoms with E-state index in [-0.39, 0.29) is 12.6 Å². The van der Waals surface area contributed by atoms with Gasteiger partial charge in [0, 0.05) is 17.1 Å². The van der Waals surface area contributed by atoms with E-state index in [2.05, 4.69) is 5.16 Å². The number of para-hydroxylation sites is 1. The summed E-state index contributed by atoms with van der Waals surface area (Å²) in [5.41, 5.74) is 4.00. The van der Waals surface area contributed by atoms with Gasteiger partial charge in [0.15, 0.2) is 5.76 Å². The molecule has 0 aliphatic heterocycles. The maximum Gasteiger partial charge on any atom is 0.339 e. The van der Waals surface area contributed by atoms with Gasteiger partial charge in [-0.05, 0) is 43.0 Å². The van der Waals surface area contributed by atoms with E-state index < -0.39 is 0 Å². The Bertz CT molecular complexity index is 1130. The largest absolute Gasteiger partial charge is 0.461 e. The topological polar surface area (TPSA) is 78.4 Å². The number of pyridine rings is 1. The smallest absolute Gasteiger partial charge is 0.339 e. The minimum absolute atomic E-state index is 0.0362. The van der Waals surface area contributed by atoms with Crippen molar-refractivity contribution in [1.29, 1.82) is 0 Å². The molecule has 0 fully saturated rings. The molecule has 0 N–H and O–H groups in total. The van der Waals surface area contributed by atoms with Crippen molar-refractivity contribution >= 4 is 16.9 Å². The fourth-order valence-electron chi connectivity index (χ4n) is 3.57. The summed E-state index contributed by atoms with van der Waals surface area (Å²) in [5, 5.41) is 4.78. The number of carbonyl (C=O) groups is 1. The van der Waals surface area contributed by atoms with E-state index in [1.165, 1.54) is 0 Å². The number of hydrogen-bond donors (Lipinski definition) is 0. The molecule has 6 nitrogen and oxygen atoms in total. The highest BCUT2D eigenvalue weighted by Gasteiger charge is 2.25. The SMILES string of the molecule is O=C(OCc1cc(-c2ccco2)on1)c1c2c(nc3ccccc13)CCC2. The molecule has 3 aromatic heterocycles. The molecular weight excluding hydrogens is 344 g/mol. The number of rotatable bonds is 4. The predicted molar refractivity (Wildman–Crippen MR) is 97.1 cm³/mol. The maximum atomic E-state index is 12.9. The average molecular weight is 360 g/mol. The fourth-order valence-corrected chi connectivity index (χ4v) is 3.57. The van der Waals surface area contributed by atoms with Gasteiger partial charge < -0.3 is 13.7 Å². The van der Waals surface area contributed by atoms with Gasteiger partial charge in [-0.2, -0.15) is 0 Å². The number of nitrogens with zero attached hydrogens (tertiary/aromatic N) is 2. The van der Waals surface area contributed by atoms with Gasteiger partial charge in [0.05, 0.1) is 17.3 Å². The lowest BCUT2D eigenvalue weighted by molar-refractivity contribution is 0.0465. The standard InChI is InChI=1S/C21H16N2O4/c24-21(26-12-13-11-19(27-23-13)18-9-4-10-25-18)20-14-5-1-2-7-16(14)22-17-8-3-6-15(17)20/h1-2,4-5,7,9-11H,3,6,8,12H2. The minimum atomic E-state index is -0.353. The maximum absolute atomic E-state index is 12.9.